The molecule has 0 aromatic heterocycles. The van der Waals surface area contributed by atoms with Crippen LogP contribution in [0, 0.1) is 5.92 Å². The number of hydrogen-bond donors (Lipinski definition) is 3. The molecule has 0 unspecified atom stereocenters. The third-order valence-electron chi connectivity index (χ3n) is 4.34. The zero-order chi connectivity index (χ0) is 16.5. The van der Waals surface area contributed by atoms with E-state index in [2.05, 4.69) is 10.6 Å². The van der Waals surface area contributed by atoms with Gasteiger partial charge in [0, 0.05) is 19.0 Å². The summed E-state index contributed by atoms with van der Waals surface area (Å²) in [4.78, 5) is 24.7. The molecule has 0 atom stereocenters. The molecule has 5 heteroatoms. The van der Waals surface area contributed by atoms with Crippen LogP contribution in [0.2, 0.25) is 0 Å². The van der Waals surface area contributed by atoms with Gasteiger partial charge in [-0.25, -0.2) is 0 Å². The van der Waals surface area contributed by atoms with Gasteiger partial charge in [0.25, 0.3) is 5.91 Å². The second-order valence-electron chi connectivity index (χ2n) is 6.12. The van der Waals surface area contributed by atoms with Crippen molar-refractivity contribution >= 4 is 17.5 Å². The standard InChI is InChI=1S/C18H27N3O2/c19-12-13-20-18(23)15-10-6-7-11-16(15)21-17(22)14-8-4-2-1-3-5-9-14/h6-7,10-11,14H,1-5,8-9,12-13,19H2,(H,20,23)(H,21,22). The van der Waals surface area contributed by atoms with Gasteiger partial charge >= 0.3 is 0 Å². The SMILES string of the molecule is NCCNC(=O)c1ccccc1NC(=O)C1CCCCCCC1. The average Bonchev–Trinajstić information content (AvgIpc) is 2.52. The first-order chi connectivity index (χ1) is 11.2. The van der Waals surface area contributed by atoms with Gasteiger partial charge in [-0.1, -0.05) is 44.2 Å². The summed E-state index contributed by atoms with van der Waals surface area (Å²) in [6.45, 7) is 0.812. The number of benzene rings is 1. The molecule has 0 heterocycles. The minimum Gasteiger partial charge on any atom is -0.351 e. The first-order valence-corrected chi connectivity index (χ1v) is 8.60. The highest BCUT2D eigenvalue weighted by Crippen LogP contribution is 2.24. The van der Waals surface area contributed by atoms with Gasteiger partial charge in [0.2, 0.25) is 5.91 Å². The topological polar surface area (TPSA) is 84.2 Å². The summed E-state index contributed by atoms with van der Waals surface area (Å²) in [6.07, 6.45) is 7.79. The lowest BCUT2D eigenvalue weighted by molar-refractivity contribution is -0.120. The van der Waals surface area contributed by atoms with E-state index in [0.29, 0.717) is 24.3 Å². The van der Waals surface area contributed by atoms with Gasteiger partial charge in [-0.05, 0) is 25.0 Å². The van der Waals surface area contributed by atoms with Gasteiger partial charge in [0.1, 0.15) is 0 Å². The Hall–Kier alpha value is -1.88. The molecule has 0 bridgehead atoms. The molecule has 23 heavy (non-hydrogen) atoms. The molecule has 126 valence electrons. The Bertz CT molecular complexity index is 523. The molecule has 4 N–H and O–H groups in total. The second-order valence-corrected chi connectivity index (χ2v) is 6.12. The van der Waals surface area contributed by atoms with E-state index >= 15 is 0 Å². The Morgan fingerprint density at radius 2 is 1.70 bits per heavy atom. The van der Waals surface area contributed by atoms with Crippen LogP contribution >= 0.6 is 0 Å². The molecule has 2 rings (SSSR count). The zero-order valence-electron chi connectivity index (χ0n) is 13.6. The van der Waals surface area contributed by atoms with Crippen LogP contribution in [0.15, 0.2) is 24.3 Å². The van der Waals surface area contributed by atoms with E-state index in [0.717, 1.165) is 25.7 Å². The number of anilines is 1. The number of rotatable bonds is 5. The van der Waals surface area contributed by atoms with Gasteiger partial charge in [-0.3, -0.25) is 9.59 Å². The molecular formula is C18H27N3O2. The number of nitrogens with one attached hydrogen (secondary N) is 2. The molecule has 1 aromatic carbocycles. The van der Waals surface area contributed by atoms with E-state index in [1.165, 1.54) is 19.3 Å². The van der Waals surface area contributed by atoms with Crippen molar-refractivity contribution in [2.24, 2.45) is 11.7 Å². The van der Waals surface area contributed by atoms with Gasteiger partial charge in [0.15, 0.2) is 0 Å². The minimum atomic E-state index is -0.205. The fourth-order valence-corrected chi connectivity index (χ4v) is 3.02. The van der Waals surface area contributed by atoms with Crippen LogP contribution in [0.1, 0.15) is 55.3 Å². The zero-order valence-corrected chi connectivity index (χ0v) is 13.6. The van der Waals surface area contributed by atoms with Crippen molar-refractivity contribution in [2.45, 2.75) is 44.9 Å². The maximum atomic E-state index is 12.6. The number of amides is 2. The molecule has 1 saturated carbocycles. The highest BCUT2D eigenvalue weighted by molar-refractivity contribution is 6.04. The van der Waals surface area contributed by atoms with E-state index < -0.39 is 0 Å². The van der Waals surface area contributed by atoms with Gasteiger partial charge in [-0.15, -0.1) is 0 Å². The van der Waals surface area contributed by atoms with E-state index in [1.54, 1.807) is 18.2 Å². The largest absolute Gasteiger partial charge is 0.351 e. The Morgan fingerprint density at radius 3 is 2.39 bits per heavy atom. The maximum absolute atomic E-state index is 12.6. The van der Waals surface area contributed by atoms with Crippen LogP contribution in [0.5, 0.6) is 0 Å². The summed E-state index contributed by atoms with van der Waals surface area (Å²) < 4.78 is 0. The number of para-hydroxylation sites is 1. The molecule has 1 aliphatic carbocycles. The summed E-state index contributed by atoms with van der Waals surface area (Å²) in [7, 11) is 0. The van der Waals surface area contributed by atoms with Crippen LogP contribution in [-0.2, 0) is 4.79 Å². The summed E-state index contributed by atoms with van der Waals surface area (Å²) in [5.41, 5.74) is 6.48. The van der Waals surface area contributed by atoms with Crippen molar-refractivity contribution in [1.82, 2.24) is 5.32 Å². The Labute approximate surface area is 138 Å². The van der Waals surface area contributed by atoms with Crippen LogP contribution < -0.4 is 16.4 Å². The van der Waals surface area contributed by atoms with Crippen molar-refractivity contribution < 1.29 is 9.59 Å². The molecule has 0 radical (unpaired) electrons. The van der Waals surface area contributed by atoms with Crippen LogP contribution in [0.25, 0.3) is 0 Å². The third-order valence-corrected chi connectivity index (χ3v) is 4.34. The van der Waals surface area contributed by atoms with Crippen molar-refractivity contribution in [1.29, 1.82) is 0 Å². The van der Waals surface area contributed by atoms with E-state index in [9.17, 15) is 9.59 Å². The predicted molar refractivity (Wildman–Crippen MR) is 92.3 cm³/mol. The molecule has 0 aliphatic heterocycles. The number of carbonyl (C=O) groups excluding carboxylic acids is 2. The quantitative estimate of drug-likeness (QED) is 0.780. The van der Waals surface area contributed by atoms with Gasteiger partial charge in [-0.2, -0.15) is 0 Å². The summed E-state index contributed by atoms with van der Waals surface area (Å²) in [5.74, 6) is -0.120. The summed E-state index contributed by atoms with van der Waals surface area (Å²) >= 11 is 0. The molecule has 0 saturated heterocycles. The van der Waals surface area contributed by atoms with Crippen LogP contribution in [0.3, 0.4) is 0 Å². The summed E-state index contributed by atoms with van der Waals surface area (Å²) in [6, 6.07) is 7.12. The first-order valence-electron chi connectivity index (χ1n) is 8.60. The molecule has 0 spiro atoms. The minimum absolute atomic E-state index is 0.0333. The van der Waals surface area contributed by atoms with Crippen LogP contribution in [0.4, 0.5) is 5.69 Å². The fraction of sp³-hybridized carbons (Fsp3) is 0.556. The lowest BCUT2D eigenvalue weighted by Crippen LogP contribution is -2.30. The molecule has 1 fully saturated rings. The van der Waals surface area contributed by atoms with E-state index in [-0.39, 0.29) is 17.7 Å². The highest BCUT2D eigenvalue weighted by Gasteiger charge is 2.21. The Kier molecular flexibility index (Phi) is 7.07. The maximum Gasteiger partial charge on any atom is 0.253 e. The predicted octanol–water partition coefficient (Wildman–Crippen LogP) is 2.67. The molecule has 5 nitrogen and oxygen atoms in total. The smallest absolute Gasteiger partial charge is 0.253 e. The summed E-state index contributed by atoms with van der Waals surface area (Å²) in [5, 5.41) is 5.70. The number of hydrogen-bond acceptors (Lipinski definition) is 3. The van der Waals surface area contributed by atoms with Gasteiger partial charge < -0.3 is 16.4 Å². The van der Waals surface area contributed by atoms with Crippen molar-refractivity contribution in [3.8, 4) is 0 Å². The van der Waals surface area contributed by atoms with Crippen molar-refractivity contribution in [3.05, 3.63) is 29.8 Å². The molecular weight excluding hydrogens is 290 g/mol. The van der Waals surface area contributed by atoms with Crippen molar-refractivity contribution in [2.75, 3.05) is 18.4 Å². The van der Waals surface area contributed by atoms with E-state index in [1.807, 2.05) is 6.07 Å². The third kappa shape index (κ3) is 5.36. The molecule has 2 amide bonds. The Balaban J connectivity index is 2.03. The van der Waals surface area contributed by atoms with Gasteiger partial charge in [0.05, 0.1) is 11.3 Å². The lowest BCUT2D eigenvalue weighted by atomic mass is 9.90. The fourth-order valence-electron chi connectivity index (χ4n) is 3.02. The highest BCUT2D eigenvalue weighted by atomic mass is 16.2. The first kappa shape index (κ1) is 17.5. The Morgan fingerprint density at radius 1 is 1.04 bits per heavy atom. The lowest BCUT2D eigenvalue weighted by Gasteiger charge is -2.20. The number of nitrogens with two attached hydrogens (primary N) is 1. The van der Waals surface area contributed by atoms with E-state index in [4.69, 9.17) is 5.73 Å². The average molecular weight is 317 g/mol. The normalized spacial score (nSPS) is 16.2. The monoisotopic (exact) mass is 317 g/mol. The van der Waals surface area contributed by atoms with Crippen LogP contribution in [-0.4, -0.2) is 24.9 Å². The number of carbonyl (C=O) groups is 2. The second kappa shape index (κ2) is 9.30. The molecule has 1 aromatic rings. The van der Waals surface area contributed by atoms with Crippen molar-refractivity contribution in [3.63, 3.8) is 0 Å². The molecule has 1 aliphatic rings.